The Morgan fingerprint density at radius 2 is 1.96 bits per heavy atom. The molecule has 0 spiro atoms. The van der Waals surface area contributed by atoms with E-state index in [1.807, 2.05) is 54.6 Å². The predicted octanol–water partition coefficient (Wildman–Crippen LogP) is 3.94. The lowest BCUT2D eigenvalue weighted by Crippen LogP contribution is -2.29. The number of aromatic nitrogens is 1. The van der Waals surface area contributed by atoms with Crippen LogP contribution in [0.2, 0.25) is 5.02 Å². The molecule has 0 aliphatic rings. The lowest BCUT2D eigenvalue weighted by Gasteiger charge is -2.17. The van der Waals surface area contributed by atoms with Gasteiger partial charge in [-0.1, -0.05) is 48.0 Å². The van der Waals surface area contributed by atoms with Crippen LogP contribution in [0.5, 0.6) is 0 Å². The average Bonchev–Trinajstić information content (AvgIpc) is 3.01. The summed E-state index contributed by atoms with van der Waals surface area (Å²) in [7, 11) is 1.60. The van der Waals surface area contributed by atoms with Gasteiger partial charge in [-0.25, -0.2) is 0 Å². The molecule has 0 aliphatic heterocycles. The summed E-state index contributed by atoms with van der Waals surface area (Å²) in [5.41, 5.74) is 2.32. The maximum atomic E-state index is 12.3. The summed E-state index contributed by atoms with van der Waals surface area (Å²) in [6.45, 7) is 0.342. The fraction of sp³-hybridized carbons (Fsp3) is 0.167. The fourth-order valence-corrected chi connectivity index (χ4v) is 2.79. The van der Waals surface area contributed by atoms with Crippen LogP contribution in [0.25, 0.3) is 10.9 Å². The molecule has 2 N–H and O–H groups in total. The van der Waals surface area contributed by atoms with Crippen molar-refractivity contribution in [2.45, 2.75) is 6.10 Å². The highest BCUT2D eigenvalue weighted by molar-refractivity contribution is 6.31. The summed E-state index contributed by atoms with van der Waals surface area (Å²) >= 11 is 6.18. The number of H-pyrrole nitrogens is 1. The Morgan fingerprint density at radius 3 is 2.70 bits per heavy atom. The zero-order chi connectivity index (χ0) is 16.2. The highest BCUT2D eigenvalue weighted by atomic mass is 35.5. The standard InChI is InChI=1S/C18H17ClN2O2/c1-23-17(13-7-3-4-8-14(13)19)11-20-18(22)16-10-12-6-2-5-9-15(12)21-16/h2-10,17,21H,11H2,1H3,(H,20,22)/t17-/m0/s1. The van der Waals surface area contributed by atoms with Crippen LogP contribution >= 0.6 is 11.6 Å². The molecule has 0 radical (unpaired) electrons. The van der Waals surface area contributed by atoms with Crippen molar-refractivity contribution in [3.63, 3.8) is 0 Å². The normalized spacial score (nSPS) is 12.3. The van der Waals surface area contributed by atoms with E-state index in [4.69, 9.17) is 16.3 Å². The number of methoxy groups -OCH3 is 1. The number of halogens is 1. The second kappa shape index (κ2) is 6.86. The number of ether oxygens (including phenoxy) is 1. The second-order valence-electron chi connectivity index (χ2n) is 5.23. The van der Waals surface area contributed by atoms with Gasteiger partial charge in [0.15, 0.2) is 0 Å². The van der Waals surface area contributed by atoms with E-state index < -0.39 is 0 Å². The minimum atomic E-state index is -0.294. The van der Waals surface area contributed by atoms with Crippen molar-refractivity contribution in [2.75, 3.05) is 13.7 Å². The van der Waals surface area contributed by atoms with Gasteiger partial charge in [0, 0.05) is 35.1 Å². The third-order valence-corrected chi connectivity index (χ3v) is 4.10. The average molecular weight is 329 g/mol. The molecule has 4 nitrogen and oxygen atoms in total. The quantitative estimate of drug-likeness (QED) is 0.745. The molecular weight excluding hydrogens is 312 g/mol. The number of hydrogen-bond acceptors (Lipinski definition) is 2. The molecule has 0 saturated carbocycles. The summed E-state index contributed by atoms with van der Waals surface area (Å²) in [4.78, 5) is 15.4. The molecule has 1 atom stereocenters. The molecule has 1 heterocycles. The number of carbonyl (C=O) groups excluding carboxylic acids is 1. The molecule has 0 bridgehead atoms. The van der Waals surface area contributed by atoms with Gasteiger partial charge in [0.2, 0.25) is 0 Å². The van der Waals surface area contributed by atoms with Crippen LogP contribution in [-0.2, 0) is 4.74 Å². The van der Waals surface area contributed by atoms with Crippen molar-refractivity contribution in [3.05, 3.63) is 70.9 Å². The second-order valence-corrected chi connectivity index (χ2v) is 5.63. The highest BCUT2D eigenvalue weighted by Crippen LogP contribution is 2.24. The van der Waals surface area contributed by atoms with Crippen LogP contribution in [0.3, 0.4) is 0 Å². The highest BCUT2D eigenvalue weighted by Gasteiger charge is 2.16. The van der Waals surface area contributed by atoms with Crippen LogP contribution in [0.15, 0.2) is 54.6 Å². The molecule has 5 heteroatoms. The third-order valence-electron chi connectivity index (χ3n) is 3.76. The van der Waals surface area contributed by atoms with Crippen LogP contribution < -0.4 is 5.32 Å². The first-order chi connectivity index (χ1) is 11.2. The van der Waals surface area contributed by atoms with Gasteiger partial charge in [-0.3, -0.25) is 4.79 Å². The first kappa shape index (κ1) is 15.6. The zero-order valence-electron chi connectivity index (χ0n) is 12.7. The Kier molecular flexibility index (Phi) is 4.65. The van der Waals surface area contributed by atoms with Gasteiger partial charge < -0.3 is 15.0 Å². The number of rotatable bonds is 5. The molecule has 0 saturated heterocycles. The number of benzene rings is 2. The predicted molar refractivity (Wildman–Crippen MR) is 91.8 cm³/mol. The summed E-state index contributed by atoms with van der Waals surface area (Å²) in [6, 6.07) is 17.1. The molecular formula is C18H17ClN2O2. The van der Waals surface area contributed by atoms with E-state index in [0.717, 1.165) is 16.5 Å². The minimum Gasteiger partial charge on any atom is -0.375 e. The summed E-state index contributed by atoms with van der Waals surface area (Å²) < 4.78 is 5.45. The number of para-hydroxylation sites is 1. The SMILES string of the molecule is CO[C@@H](CNC(=O)c1cc2ccccc2[nH]1)c1ccccc1Cl. The molecule has 3 aromatic rings. The Hall–Kier alpha value is -2.30. The molecule has 1 aromatic heterocycles. The van der Waals surface area contributed by atoms with Gasteiger partial charge >= 0.3 is 0 Å². The number of amides is 1. The number of fused-ring (bicyclic) bond motifs is 1. The van der Waals surface area contributed by atoms with Crippen molar-refractivity contribution >= 4 is 28.4 Å². The summed E-state index contributed by atoms with van der Waals surface area (Å²) in [5, 5.41) is 4.51. The molecule has 3 rings (SSSR count). The van der Waals surface area contributed by atoms with Crippen LogP contribution in [-0.4, -0.2) is 24.5 Å². The van der Waals surface area contributed by atoms with Gasteiger partial charge in [0.05, 0.1) is 0 Å². The Labute approximate surface area is 139 Å². The van der Waals surface area contributed by atoms with Crippen molar-refractivity contribution < 1.29 is 9.53 Å². The molecule has 0 aliphatic carbocycles. The van der Waals surface area contributed by atoms with E-state index in [1.165, 1.54) is 0 Å². The van der Waals surface area contributed by atoms with E-state index >= 15 is 0 Å². The van der Waals surface area contributed by atoms with Gasteiger partial charge in [0.1, 0.15) is 11.8 Å². The number of nitrogens with one attached hydrogen (secondary N) is 2. The zero-order valence-corrected chi connectivity index (χ0v) is 13.4. The van der Waals surface area contributed by atoms with E-state index in [9.17, 15) is 4.79 Å². The third kappa shape index (κ3) is 3.38. The molecule has 23 heavy (non-hydrogen) atoms. The van der Waals surface area contributed by atoms with Crippen molar-refractivity contribution in [2.24, 2.45) is 0 Å². The van der Waals surface area contributed by atoms with E-state index in [1.54, 1.807) is 7.11 Å². The first-order valence-corrected chi connectivity index (χ1v) is 7.70. The summed E-state index contributed by atoms with van der Waals surface area (Å²) in [5.74, 6) is -0.171. The lowest BCUT2D eigenvalue weighted by atomic mass is 10.1. The number of hydrogen-bond donors (Lipinski definition) is 2. The monoisotopic (exact) mass is 328 g/mol. The summed E-state index contributed by atoms with van der Waals surface area (Å²) in [6.07, 6.45) is -0.294. The number of aromatic amines is 1. The van der Waals surface area contributed by atoms with Crippen molar-refractivity contribution in [3.8, 4) is 0 Å². The largest absolute Gasteiger partial charge is 0.375 e. The first-order valence-electron chi connectivity index (χ1n) is 7.32. The topological polar surface area (TPSA) is 54.1 Å². The van der Waals surface area contributed by atoms with Crippen molar-refractivity contribution in [1.82, 2.24) is 10.3 Å². The Balaban J connectivity index is 1.71. The lowest BCUT2D eigenvalue weighted by molar-refractivity contribution is 0.0825. The van der Waals surface area contributed by atoms with Gasteiger partial charge in [-0.15, -0.1) is 0 Å². The van der Waals surface area contributed by atoms with Crippen LogP contribution in [0.4, 0.5) is 0 Å². The van der Waals surface area contributed by atoms with Gasteiger partial charge in [0.25, 0.3) is 5.91 Å². The molecule has 1 amide bonds. The Morgan fingerprint density at radius 1 is 1.22 bits per heavy atom. The van der Waals surface area contributed by atoms with Crippen LogP contribution in [0, 0.1) is 0 Å². The fourth-order valence-electron chi connectivity index (χ4n) is 2.53. The van der Waals surface area contributed by atoms with E-state index in [-0.39, 0.29) is 12.0 Å². The minimum absolute atomic E-state index is 0.171. The molecule has 2 aromatic carbocycles. The maximum Gasteiger partial charge on any atom is 0.267 e. The van der Waals surface area contributed by atoms with Gasteiger partial charge in [-0.05, 0) is 18.2 Å². The van der Waals surface area contributed by atoms with E-state index in [0.29, 0.717) is 17.3 Å². The molecule has 0 unspecified atom stereocenters. The van der Waals surface area contributed by atoms with Crippen molar-refractivity contribution in [1.29, 1.82) is 0 Å². The Bertz CT molecular complexity index is 796. The molecule has 0 fully saturated rings. The molecule has 118 valence electrons. The smallest absolute Gasteiger partial charge is 0.267 e. The number of carbonyl (C=O) groups is 1. The van der Waals surface area contributed by atoms with Crippen LogP contribution in [0.1, 0.15) is 22.2 Å². The van der Waals surface area contributed by atoms with E-state index in [2.05, 4.69) is 10.3 Å². The van der Waals surface area contributed by atoms with Gasteiger partial charge in [-0.2, -0.15) is 0 Å². The maximum absolute atomic E-state index is 12.3.